The Morgan fingerprint density at radius 3 is 1.39 bits per heavy atom. The lowest BCUT2D eigenvalue weighted by Crippen LogP contribution is -2.60. The number of carbonyl (C=O) groups excluding carboxylic acids is 1. The maximum Gasteiger partial charge on any atom is 0.220 e. The number of allylic oxidation sites excluding steroid dienone is 17. The molecule has 0 aromatic heterocycles. The summed E-state index contributed by atoms with van der Waals surface area (Å²) < 4.78 is 11.2. The summed E-state index contributed by atoms with van der Waals surface area (Å²) in [6.45, 7) is 3.60. The fraction of sp³-hybridized carbons (Fsp3) is 0.683. The number of hydrogen-bond donors (Lipinski definition) is 6. The lowest BCUT2D eigenvalue weighted by Gasteiger charge is -2.40. The molecular weight excluding hydrogens is 863 g/mol. The van der Waals surface area contributed by atoms with Crippen molar-refractivity contribution in [1.29, 1.82) is 0 Å². The topological polar surface area (TPSA) is 149 Å². The van der Waals surface area contributed by atoms with Crippen LogP contribution in [0.3, 0.4) is 0 Å². The number of unbranched alkanes of at least 4 members (excludes halogenated alkanes) is 19. The van der Waals surface area contributed by atoms with E-state index in [1.807, 2.05) is 6.08 Å². The monoisotopic (exact) mass is 964 g/mol. The van der Waals surface area contributed by atoms with Gasteiger partial charge in [0.15, 0.2) is 6.29 Å². The number of carbonyl (C=O) groups is 1. The summed E-state index contributed by atoms with van der Waals surface area (Å²) in [5, 5.41) is 54.2. The summed E-state index contributed by atoms with van der Waals surface area (Å²) in [5.41, 5.74) is 0. The van der Waals surface area contributed by atoms with Crippen LogP contribution >= 0.6 is 0 Å². The number of rotatable bonds is 45. The van der Waals surface area contributed by atoms with Crippen LogP contribution in [0.2, 0.25) is 0 Å². The molecule has 9 heteroatoms. The van der Waals surface area contributed by atoms with E-state index in [-0.39, 0.29) is 12.5 Å². The third-order valence-electron chi connectivity index (χ3n) is 12.3. The lowest BCUT2D eigenvalue weighted by atomic mass is 9.99. The van der Waals surface area contributed by atoms with Gasteiger partial charge in [0, 0.05) is 6.42 Å². The Morgan fingerprint density at radius 1 is 0.507 bits per heavy atom. The van der Waals surface area contributed by atoms with Crippen molar-refractivity contribution >= 4 is 5.91 Å². The molecule has 1 fully saturated rings. The predicted octanol–water partition coefficient (Wildman–Crippen LogP) is 13.4. The number of nitrogens with one attached hydrogen (secondary N) is 1. The lowest BCUT2D eigenvalue weighted by molar-refractivity contribution is -0.302. The molecule has 1 rings (SSSR count). The fourth-order valence-corrected chi connectivity index (χ4v) is 7.97. The van der Waals surface area contributed by atoms with Crippen LogP contribution in [0, 0.1) is 0 Å². The van der Waals surface area contributed by atoms with Gasteiger partial charge in [-0.3, -0.25) is 4.79 Å². The van der Waals surface area contributed by atoms with Gasteiger partial charge in [-0.2, -0.15) is 0 Å². The molecule has 0 aliphatic carbocycles. The number of aliphatic hydroxyl groups excluding tert-OH is 5. The van der Waals surface area contributed by atoms with Crippen LogP contribution in [0.1, 0.15) is 206 Å². The molecule has 1 heterocycles. The van der Waals surface area contributed by atoms with Crippen molar-refractivity contribution in [3.05, 3.63) is 109 Å². The third kappa shape index (κ3) is 38.2. The third-order valence-corrected chi connectivity index (χ3v) is 12.3. The van der Waals surface area contributed by atoms with Gasteiger partial charge in [0.1, 0.15) is 24.4 Å². The first kappa shape index (κ1) is 63.9. The molecule has 9 nitrogen and oxygen atoms in total. The van der Waals surface area contributed by atoms with E-state index >= 15 is 0 Å². The maximum absolute atomic E-state index is 13.0. The summed E-state index contributed by atoms with van der Waals surface area (Å²) in [7, 11) is 0. The average molecular weight is 964 g/mol. The Bertz CT molecular complexity index is 1440. The predicted molar refractivity (Wildman–Crippen MR) is 290 cm³/mol. The SMILES string of the molecule is CC/C=C\C/C=C\C/C=C\C/C=C\C/C=C\C/C=C\C/C=C\CCCCCCCCCCCCCCCC(=O)NC(COC1OC(CO)C(O)C(O)C1O)C(O)/C=C/CC/C=C/CCCCCCC. The van der Waals surface area contributed by atoms with Crippen LogP contribution in [0.5, 0.6) is 0 Å². The molecule has 0 spiro atoms. The van der Waals surface area contributed by atoms with Crippen LogP contribution in [0.15, 0.2) is 109 Å². The average Bonchev–Trinajstić information content (AvgIpc) is 3.35. The Kier molecular flexibility index (Phi) is 44.9. The Labute approximate surface area is 421 Å². The summed E-state index contributed by atoms with van der Waals surface area (Å²) in [4.78, 5) is 13.0. The molecule has 0 bridgehead atoms. The Hall–Kier alpha value is -3.15. The molecule has 1 saturated heterocycles. The summed E-state index contributed by atoms with van der Waals surface area (Å²) in [5.74, 6) is -0.194. The van der Waals surface area contributed by atoms with Gasteiger partial charge in [0.2, 0.25) is 5.91 Å². The van der Waals surface area contributed by atoms with E-state index in [2.05, 4.69) is 116 Å². The second-order valence-corrected chi connectivity index (χ2v) is 18.6. The van der Waals surface area contributed by atoms with E-state index in [4.69, 9.17) is 9.47 Å². The van der Waals surface area contributed by atoms with Crippen molar-refractivity contribution in [1.82, 2.24) is 5.32 Å². The largest absolute Gasteiger partial charge is 0.394 e. The van der Waals surface area contributed by atoms with Gasteiger partial charge >= 0.3 is 0 Å². The van der Waals surface area contributed by atoms with Crippen LogP contribution in [-0.2, 0) is 14.3 Å². The molecule has 394 valence electrons. The van der Waals surface area contributed by atoms with Crippen molar-refractivity contribution in [3.63, 3.8) is 0 Å². The number of hydrogen-bond acceptors (Lipinski definition) is 8. The Balaban J connectivity index is 2.14. The van der Waals surface area contributed by atoms with E-state index in [1.165, 1.54) is 103 Å². The van der Waals surface area contributed by atoms with Crippen molar-refractivity contribution in [3.8, 4) is 0 Å². The van der Waals surface area contributed by atoms with E-state index in [0.717, 1.165) is 83.5 Å². The van der Waals surface area contributed by atoms with Gasteiger partial charge in [-0.1, -0.05) is 220 Å². The van der Waals surface area contributed by atoms with Crippen LogP contribution in [0.25, 0.3) is 0 Å². The zero-order chi connectivity index (χ0) is 50.1. The minimum Gasteiger partial charge on any atom is -0.394 e. The number of amides is 1. The first-order chi connectivity index (χ1) is 33.8. The number of aliphatic hydroxyl groups is 5. The van der Waals surface area contributed by atoms with E-state index < -0.39 is 49.5 Å². The van der Waals surface area contributed by atoms with Crippen LogP contribution in [-0.4, -0.2) is 87.5 Å². The smallest absolute Gasteiger partial charge is 0.220 e. The first-order valence-electron chi connectivity index (χ1n) is 27.6. The van der Waals surface area contributed by atoms with Crippen LogP contribution in [0.4, 0.5) is 0 Å². The minimum absolute atomic E-state index is 0.194. The molecule has 0 aromatic rings. The molecule has 0 aromatic carbocycles. The molecule has 0 radical (unpaired) electrons. The molecule has 6 N–H and O–H groups in total. The Morgan fingerprint density at radius 2 is 0.913 bits per heavy atom. The molecule has 69 heavy (non-hydrogen) atoms. The zero-order valence-corrected chi connectivity index (χ0v) is 43.5. The van der Waals surface area contributed by atoms with Gasteiger partial charge in [-0.05, 0) is 89.9 Å². The van der Waals surface area contributed by atoms with E-state index in [0.29, 0.717) is 6.42 Å². The summed E-state index contributed by atoms with van der Waals surface area (Å²) in [6.07, 6.45) is 64.5. The normalized spacial score (nSPS) is 20.4. The van der Waals surface area contributed by atoms with Crippen molar-refractivity contribution in [2.24, 2.45) is 0 Å². The molecule has 7 atom stereocenters. The highest BCUT2D eigenvalue weighted by molar-refractivity contribution is 5.76. The van der Waals surface area contributed by atoms with Crippen molar-refractivity contribution in [2.75, 3.05) is 13.2 Å². The molecule has 1 aliphatic rings. The second kappa shape index (κ2) is 48.5. The molecule has 1 aliphatic heterocycles. The van der Waals surface area contributed by atoms with Gasteiger partial charge in [0.05, 0.1) is 25.4 Å². The highest BCUT2D eigenvalue weighted by atomic mass is 16.7. The van der Waals surface area contributed by atoms with E-state index in [9.17, 15) is 30.3 Å². The molecule has 0 saturated carbocycles. The quantitative estimate of drug-likeness (QED) is 0.0261. The fourth-order valence-electron chi connectivity index (χ4n) is 7.97. The first-order valence-corrected chi connectivity index (χ1v) is 27.6. The van der Waals surface area contributed by atoms with E-state index in [1.54, 1.807) is 6.08 Å². The van der Waals surface area contributed by atoms with Crippen LogP contribution < -0.4 is 5.32 Å². The summed E-state index contributed by atoms with van der Waals surface area (Å²) >= 11 is 0. The van der Waals surface area contributed by atoms with Crippen molar-refractivity contribution < 1.29 is 39.8 Å². The van der Waals surface area contributed by atoms with Gasteiger partial charge < -0.3 is 40.3 Å². The highest BCUT2D eigenvalue weighted by Gasteiger charge is 2.44. The molecular formula is C60H101NO8. The maximum atomic E-state index is 13.0. The highest BCUT2D eigenvalue weighted by Crippen LogP contribution is 2.23. The second-order valence-electron chi connectivity index (χ2n) is 18.6. The van der Waals surface area contributed by atoms with Gasteiger partial charge in [0.25, 0.3) is 0 Å². The zero-order valence-electron chi connectivity index (χ0n) is 43.5. The number of ether oxygens (including phenoxy) is 2. The minimum atomic E-state index is -1.58. The van der Waals surface area contributed by atoms with Crippen molar-refractivity contribution in [2.45, 2.75) is 249 Å². The summed E-state index contributed by atoms with van der Waals surface area (Å²) in [6, 6.07) is -0.827. The molecule has 7 unspecified atom stereocenters. The van der Waals surface area contributed by atoms with Gasteiger partial charge in [-0.25, -0.2) is 0 Å². The molecule has 1 amide bonds. The standard InChI is InChI=1S/C60H101NO8/c1-3-5-7-9-11-13-15-16-17-18-19-20-21-22-23-24-25-26-27-28-29-30-31-32-33-34-35-36-37-38-40-42-44-46-48-50-56(64)61-53(52-68-60-59(67)58(66)57(65)55(51-62)69-60)54(63)49-47-45-43-41-39-14-12-10-8-6-4-2/h5,7,11,13,16-17,19-20,22-23,25-26,28-29,39,41,47,49,53-55,57-60,62-63,65-67H,3-4,6,8-10,12,14-15,18,21,24,27,30-38,40,42-46,48,50-52H2,1-2H3,(H,61,64)/b7-5-,13-11-,17-16-,20-19-,23-22-,26-25-,29-28-,41-39+,49-47+. The van der Waals surface area contributed by atoms with Gasteiger partial charge in [-0.15, -0.1) is 0 Å².